The number of alkyl halides is 1. The maximum Gasteiger partial charge on any atom is 0.244 e. The van der Waals surface area contributed by atoms with Gasteiger partial charge in [0.2, 0.25) is 10.0 Å². The smallest absolute Gasteiger partial charge is 0.244 e. The maximum atomic E-state index is 12.8. The molecule has 1 aromatic rings. The summed E-state index contributed by atoms with van der Waals surface area (Å²) in [4.78, 5) is 0.329. The predicted octanol–water partition coefficient (Wildman–Crippen LogP) is 2.61. The molecule has 0 radical (unpaired) electrons. The number of ether oxygens (including phenoxy) is 1. The summed E-state index contributed by atoms with van der Waals surface area (Å²) in [5, 5.41) is 0. The van der Waals surface area contributed by atoms with Crippen LogP contribution >= 0.6 is 11.6 Å². The molecule has 1 unspecified atom stereocenters. The van der Waals surface area contributed by atoms with Crippen LogP contribution in [0.1, 0.15) is 38.4 Å². The van der Waals surface area contributed by atoms with Crippen LogP contribution in [-0.2, 0) is 20.6 Å². The Morgan fingerprint density at radius 2 is 2.19 bits per heavy atom. The van der Waals surface area contributed by atoms with Gasteiger partial charge >= 0.3 is 0 Å². The van der Waals surface area contributed by atoms with Crippen molar-refractivity contribution >= 4 is 21.6 Å². The van der Waals surface area contributed by atoms with Gasteiger partial charge in [0.15, 0.2) is 0 Å². The molecule has 1 atom stereocenters. The quantitative estimate of drug-likeness (QED) is 0.687. The van der Waals surface area contributed by atoms with Crippen LogP contribution < -0.4 is 0 Å². The van der Waals surface area contributed by atoms with E-state index in [1.165, 1.54) is 4.31 Å². The zero-order valence-electron chi connectivity index (χ0n) is 12.8. The van der Waals surface area contributed by atoms with Crippen LogP contribution in [0, 0.1) is 0 Å². The van der Waals surface area contributed by atoms with E-state index >= 15 is 0 Å². The van der Waals surface area contributed by atoms with Crippen molar-refractivity contribution < 1.29 is 13.2 Å². The van der Waals surface area contributed by atoms with Gasteiger partial charge in [-0.3, -0.25) is 0 Å². The number of rotatable bonds is 8. The highest BCUT2D eigenvalue weighted by molar-refractivity contribution is 7.89. The molecule has 0 bridgehead atoms. The van der Waals surface area contributed by atoms with Crippen molar-refractivity contribution in [1.82, 2.24) is 8.87 Å². The fourth-order valence-corrected chi connectivity index (χ4v) is 4.51. The number of sulfonamides is 1. The van der Waals surface area contributed by atoms with Crippen LogP contribution in [0.15, 0.2) is 17.2 Å². The van der Waals surface area contributed by atoms with Crippen molar-refractivity contribution in [2.75, 3.05) is 20.3 Å². The Labute approximate surface area is 131 Å². The van der Waals surface area contributed by atoms with E-state index in [2.05, 4.69) is 0 Å². The molecule has 2 rings (SSSR count). The summed E-state index contributed by atoms with van der Waals surface area (Å²) >= 11 is 5.94. The van der Waals surface area contributed by atoms with E-state index in [0.29, 0.717) is 30.0 Å². The Balaban J connectivity index is 2.33. The number of hydrogen-bond donors (Lipinski definition) is 0. The minimum absolute atomic E-state index is 0.200. The molecule has 0 spiro atoms. The van der Waals surface area contributed by atoms with Crippen molar-refractivity contribution in [3.63, 3.8) is 0 Å². The number of aromatic nitrogens is 1. The largest absolute Gasteiger partial charge is 0.383 e. The lowest BCUT2D eigenvalue weighted by Gasteiger charge is -2.26. The fraction of sp³-hybridized carbons (Fsp3) is 0.714. The summed E-state index contributed by atoms with van der Waals surface area (Å²) in [7, 11) is -1.94. The molecule has 0 amide bonds. The number of methoxy groups -OCH3 is 1. The van der Waals surface area contributed by atoms with Gasteiger partial charge in [0, 0.05) is 37.6 Å². The maximum absolute atomic E-state index is 12.8. The van der Waals surface area contributed by atoms with Crippen LogP contribution in [-0.4, -0.2) is 43.6 Å². The minimum Gasteiger partial charge on any atom is -0.383 e. The second-order valence-electron chi connectivity index (χ2n) is 5.45. The molecule has 21 heavy (non-hydrogen) atoms. The van der Waals surface area contributed by atoms with Crippen LogP contribution in [0.2, 0.25) is 0 Å². The van der Waals surface area contributed by atoms with Crippen LogP contribution in [0.5, 0.6) is 0 Å². The zero-order valence-corrected chi connectivity index (χ0v) is 14.3. The lowest BCUT2D eigenvalue weighted by atomic mass is 10.4. The summed E-state index contributed by atoms with van der Waals surface area (Å²) in [6.45, 7) is 4.48. The highest BCUT2D eigenvalue weighted by Crippen LogP contribution is 2.38. The van der Waals surface area contributed by atoms with Gasteiger partial charge in [-0.05, 0) is 25.8 Å². The molecule has 0 N–H and O–H groups in total. The molecule has 0 saturated heterocycles. The van der Waals surface area contributed by atoms with E-state index in [4.69, 9.17) is 16.3 Å². The Morgan fingerprint density at radius 1 is 1.52 bits per heavy atom. The highest BCUT2D eigenvalue weighted by atomic mass is 35.5. The third-order valence-corrected chi connectivity index (χ3v) is 6.13. The second-order valence-corrected chi connectivity index (χ2v) is 7.61. The molecular formula is C14H23ClN2O3S. The molecule has 1 aliphatic rings. The van der Waals surface area contributed by atoms with Gasteiger partial charge in [0.1, 0.15) is 4.90 Å². The van der Waals surface area contributed by atoms with E-state index < -0.39 is 10.0 Å². The lowest BCUT2D eigenvalue weighted by Crippen LogP contribution is -2.40. The molecule has 0 aromatic carbocycles. The zero-order chi connectivity index (χ0) is 15.6. The fourth-order valence-electron chi connectivity index (χ4n) is 2.62. The standard InChI is InChI=1S/C14H23ClN2O3S/c1-4-17(11(2)10-20-3)21(18,19)14-7-13(8-15)16(9-14)12-5-6-12/h7,9,11-12H,4-6,8,10H2,1-3H3. The first-order valence-corrected chi connectivity index (χ1v) is 9.20. The Bertz CT molecular complexity index is 581. The summed E-state index contributed by atoms with van der Waals surface area (Å²) in [6, 6.07) is 1.91. The molecule has 0 aliphatic heterocycles. The van der Waals surface area contributed by atoms with Crippen molar-refractivity contribution in [2.24, 2.45) is 0 Å². The first-order valence-electron chi connectivity index (χ1n) is 7.23. The average molecular weight is 335 g/mol. The van der Waals surface area contributed by atoms with Gasteiger partial charge in [-0.1, -0.05) is 6.92 Å². The third-order valence-electron chi connectivity index (χ3n) is 3.80. The van der Waals surface area contributed by atoms with Crippen molar-refractivity contribution in [3.8, 4) is 0 Å². The van der Waals surface area contributed by atoms with Crippen LogP contribution in [0.4, 0.5) is 0 Å². The number of likely N-dealkylation sites (N-methyl/N-ethyl adjacent to an activating group) is 1. The molecule has 5 nitrogen and oxygen atoms in total. The van der Waals surface area contributed by atoms with E-state index in [-0.39, 0.29) is 6.04 Å². The van der Waals surface area contributed by atoms with Crippen molar-refractivity contribution in [2.45, 2.75) is 49.5 Å². The first kappa shape index (κ1) is 16.8. The molecular weight excluding hydrogens is 312 g/mol. The average Bonchev–Trinajstić information content (AvgIpc) is 3.18. The van der Waals surface area contributed by atoms with Crippen molar-refractivity contribution in [3.05, 3.63) is 18.0 Å². The summed E-state index contributed by atoms with van der Waals surface area (Å²) < 4.78 is 34.2. The lowest BCUT2D eigenvalue weighted by molar-refractivity contribution is 0.142. The summed E-state index contributed by atoms with van der Waals surface area (Å²) in [6.07, 6.45) is 3.91. The first-order chi connectivity index (χ1) is 9.95. The molecule has 120 valence electrons. The van der Waals surface area contributed by atoms with Gasteiger partial charge in [-0.2, -0.15) is 4.31 Å². The van der Waals surface area contributed by atoms with E-state index in [1.807, 2.05) is 18.4 Å². The monoisotopic (exact) mass is 334 g/mol. The van der Waals surface area contributed by atoms with E-state index in [1.54, 1.807) is 19.4 Å². The van der Waals surface area contributed by atoms with Gasteiger partial charge in [0.25, 0.3) is 0 Å². The SMILES string of the molecule is CCN(C(C)COC)S(=O)(=O)c1cc(CCl)n(C2CC2)c1. The number of nitrogens with zero attached hydrogens (tertiary/aromatic N) is 2. The molecule has 1 fully saturated rings. The molecule has 1 saturated carbocycles. The second kappa shape index (κ2) is 6.69. The molecule has 1 heterocycles. The minimum atomic E-state index is -3.52. The van der Waals surface area contributed by atoms with Gasteiger partial charge in [-0.15, -0.1) is 11.6 Å². The van der Waals surface area contributed by atoms with Crippen molar-refractivity contribution in [1.29, 1.82) is 0 Å². The Morgan fingerprint density at radius 3 is 2.67 bits per heavy atom. The Kier molecular flexibility index (Phi) is 5.35. The van der Waals surface area contributed by atoms with Gasteiger partial charge in [0.05, 0.1) is 12.5 Å². The molecule has 1 aromatic heterocycles. The third kappa shape index (κ3) is 3.44. The topological polar surface area (TPSA) is 51.5 Å². The van der Waals surface area contributed by atoms with Gasteiger partial charge in [-0.25, -0.2) is 8.42 Å². The van der Waals surface area contributed by atoms with E-state index in [9.17, 15) is 8.42 Å². The molecule has 1 aliphatic carbocycles. The summed E-state index contributed by atoms with van der Waals surface area (Å²) in [5.74, 6) is 0.325. The van der Waals surface area contributed by atoms with Crippen LogP contribution in [0.3, 0.4) is 0 Å². The number of hydrogen-bond acceptors (Lipinski definition) is 3. The number of halogens is 1. The van der Waals surface area contributed by atoms with Crippen LogP contribution in [0.25, 0.3) is 0 Å². The summed E-state index contributed by atoms with van der Waals surface area (Å²) in [5.41, 5.74) is 0.869. The van der Waals surface area contributed by atoms with E-state index in [0.717, 1.165) is 18.5 Å². The predicted molar refractivity (Wildman–Crippen MR) is 83.2 cm³/mol. The molecule has 7 heteroatoms. The Hall–Kier alpha value is -0.560. The van der Waals surface area contributed by atoms with Gasteiger partial charge < -0.3 is 9.30 Å². The normalized spacial score (nSPS) is 17.4. The highest BCUT2D eigenvalue weighted by Gasteiger charge is 2.32.